The van der Waals surface area contributed by atoms with E-state index in [4.69, 9.17) is 16.7 Å². The number of aliphatic carboxylic acids is 1. The minimum atomic E-state index is -0.960. The van der Waals surface area contributed by atoms with Crippen LogP contribution in [0.2, 0.25) is 5.02 Å². The number of aliphatic hydroxyl groups is 1. The third kappa shape index (κ3) is 3.93. The Morgan fingerprint density at radius 2 is 2.00 bits per heavy atom. The van der Waals surface area contributed by atoms with Gasteiger partial charge in [0.15, 0.2) is 0 Å². The van der Waals surface area contributed by atoms with Gasteiger partial charge in [-0.05, 0) is 55.9 Å². The second-order valence-electron chi connectivity index (χ2n) is 9.42. The SMILES string of the molecule is C=CCN(C(=O)C1N(CCCCCO)C(=O)[C@@H]2[C@H](C(=O)O)[C@@H]3CC(C)C12S3)c1ccc(Cl)cc1. The Hall–Kier alpha value is -2.03. The van der Waals surface area contributed by atoms with E-state index < -0.39 is 28.6 Å². The van der Waals surface area contributed by atoms with Gasteiger partial charge in [-0.25, -0.2) is 0 Å². The molecule has 1 spiro atoms. The second-order valence-corrected chi connectivity index (χ2v) is 11.4. The summed E-state index contributed by atoms with van der Waals surface area (Å²) in [6, 6.07) is 6.21. The number of aliphatic hydroxyl groups excluding tert-OH is 1. The van der Waals surface area contributed by atoms with Crippen molar-refractivity contribution >= 4 is 46.8 Å². The molecule has 0 aliphatic carbocycles. The summed E-state index contributed by atoms with van der Waals surface area (Å²) in [5.74, 6) is -2.88. The maximum atomic E-state index is 14.3. The minimum Gasteiger partial charge on any atom is -0.481 e. The van der Waals surface area contributed by atoms with Crippen molar-refractivity contribution in [2.75, 3.05) is 24.6 Å². The number of likely N-dealkylation sites (tertiary alicyclic amines) is 1. The van der Waals surface area contributed by atoms with Crippen LogP contribution in [0, 0.1) is 17.8 Å². The smallest absolute Gasteiger partial charge is 0.308 e. The van der Waals surface area contributed by atoms with E-state index in [1.54, 1.807) is 40.1 Å². The van der Waals surface area contributed by atoms with Gasteiger partial charge in [-0.2, -0.15) is 0 Å². The second kappa shape index (κ2) is 9.91. The largest absolute Gasteiger partial charge is 0.481 e. The number of amides is 2. The van der Waals surface area contributed by atoms with Crippen molar-refractivity contribution in [1.82, 2.24) is 4.90 Å². The normalized spacial score (nSPS) is 31.6. The lowest BCUT2D eigenvalue weighted by atomic mass is 9.66. The average Bonchev–Trinajstić information content (AvgIpc) is 3.39. The van der Waals surface area contributed by atoms with Crippen LogP contribution >= 0.6 is 23.4 Å². The van der Waals surface area contributed by atoms with Crippen molar-refractivity contribution in [2.45, 2.75) is 48.6 Å². The van der Waals surface area contributed by atoms with Gasteiger partial charge in [-0.3, -0.25) is 14.4 Å². The number of fused-ring (bicyclic) bond motifs is 1. The lowest BCUT2D eigenvalue weighted by Gasteiger charge is -2.40. The number of thioether (sulfide) groups is 1. The van der Waals surface area contributed by atoms with E-state index in [9.17, 15) is 19.5 Å². The fourth-order valence-electron chi connectivity index (χ4n) is 6.11. The van der Waals surface area contributed by atoms with Gasteiger partial charge in [-0.1, -0.05) is 24.6 Å². The van der Waals surface area contributed by atoms with Crippen molar-refractivity contribution in [3.05, 3.63) is 41.9 Å². The molecule has 2 bridgehead atoms. The first kappa shape index (κ1) is 25.1. The van der Waals surface area contributed by atoms with Gasteiger partial charge in [0.1, 0.15) is 6.04 Å². The van der Waals surface area contributed by atoms with Crippen molar-refractivity contribution in [2.24, 2.45) is 17.8 Å². The number of benzene rings is 1. The Morgan fingerprint density at radius 1 is 1.29 bits per heavy atom. The molecule has 2 N–H and O–H groups in total. The van der Waals surface area contributed by atoms with Crippen molar-refractivity contribution in [3.63, 3.8) is 0 Å². The Bertz CT molecular complexity index is 973. The van der Waals surface area contributed by atoms with E-state index in [1.165, 1.54) is 11.8 Å². The summed E-state index contributed by atoms with van der Waals surface area (Å²) in [5.41, 5.74) is 0.654. The molecule has 9 heteroatoms. The standard InChI is InChI=1S/C25H31ClN2O5S/c1-3-11-27(17-9-7-16(26)8-10-17)23(31)21-25-15(2)14-18(34-25)19(24(32)33)20(25)22(30)28(21)12-5-4-6-13-29/h3,7-10,15,18-21,29H,1,4-6,11-14H2,2H3,(H,32,33)/t15?,18-,19+,20-,21?,25?/m0/s1. The molecule has 2 amide bonds. The predicted octanol–water partition coefficient (Wildman–Crippen LogP) is 3.44. The van der Waals surface area contributed by atoms with Gasteiger partial charge in [0.25, 0.3) is 5.91 Å². The molecule has 7 nitrogen and oxygen atoms in total. The van der Waals surface area contributed by atoms with Crippen LogP contribution in [0.15, 0.2) is 36.9 Å². The lowest BCUT2D eigenvalue weighted by molar-refractivity contribution is -0.149. The summed E-state index contributed by atoms with van der Waals surface area (Å²) in [5, 5.41) is 19.5. The van der Waals surface area contributed by atoms with E-state index in [2.05, 4.69) is 6.58 Å². The third-order valence-electron chi connectivity index (χ3n) is 7.54. The molecule has 1 aromatic carbocycles. The number of nitrogens with zero attached hydrogens (tertiary/aromatic N) is 2. The number of carbonyl (C=O) groups is 3. The molecule has 0 aromatic heterocycles. The molecule has 4 rings (SSSR count). The van der Waals surface area contributed by atoms with Gasteiger partial charge in [0.2, 0.25) is 5.91 Å². The van der Waals surface area contributed by atoms with Crippen LogP contribution in [0.3, 0.4) is 0 Å². The van der Waals surface area contributed by atoms with Gasteiger partial charge in [-0.15, -0.1) is 18.3 Å². The first-order valence-corrected chi connectivity index (χ1v) is 13.0. The third-order valence-corrected chi connectivity index (χ3v) is 9.87. The van der Waals surface area contributed by atoms with Gasteiger partial charge >= 0.3 is 5.97 Å². The minimum absolute atomic E-state index is 0.0271. The van der Waals surface area contributed by atoms with Gasteiger partial charge < -0.3 is 20.0 Å². The van der Waals surface area contributed by atoms with Crippen molar-refractivity contribution in [1.29, 1.82) is 0 Å². The van der Waals surface area contributed by atoms with E-state index >= 15 is 0 Å². The van der Waals surface area contributed by atoms with Crippen molar-refractivity contribution in [3.8, 4) is 0 Å². The van der Waals surface area contributed by atoms with Crippen LogP contribution < -0.4 is 4.90 Å². The summed E-state index contributed by atoms with van der Waals surface area (Å²) in [6.07, 6.45) is 4.30. The monoisotopic (exact) mass is 506 g/mol. The molecule has 3 heterocycles. The maximum absolute atomic E-state index is 14.3. The van der Waals surface area contributed by atoms with Crippen LogP contribution in [-0.2, 0) is 14.4 Å². The fourth-order valence-corrected chi connectivity index (χ4v) is 8.65. The van der Waals surface area contributed by atoms with Crippen LogP contribution in [0.5, 0.6) is 0 Å². The van der Waals surface area contributed by atoms with E-state index in [1.807, 2.05) is 6.92 Å². The molecule has 6 atom stereocenters. The first-order valence-electron chi connectivity index (χ1n) is 11.8. The first-order chi connectivity index (χ1) is 16.3. The topological polar surface area (TPSA) is 98.2 Å². The zero-order valence-corrected chi connectivity index (χ0v) is 20.8. The molecule has 3 saturated heterocycles. The highest BCUT2D eigenvalue weighted by molar-refractivity contribution is 8.02. The number of unbranched alkanes of at least 4 members (excludes halogenated alkanes) is 2. The molecule has 3 aliphatic heterocycles. The quantitative estimate of drug-likeness (QED) is 0.372. The predicted molar refractivity (Wildman–Crippen MR) is 133 cm³/mol. The molecule has 1 aromatic rings. The van der Waals surface area contributed by atoms with E-state index in [-0.39, 0.29) is 36.1 Å². The molecule has 184 valence electrons. The summed E-state index contributed by atoms with van der Waals surface area (Å²) in [4.78, 5) is 43.5. The zero-order valence-electron chi connectivity index (χ0n) is 19.2. The summed E-state index contributed by atoms with van der Waals surface area (Å²) >= 11 is 7.60. The highest BCUT2D eigenvalue weighted by Crippen LogP contribution is 2.68. The highest BCUT2D eigenvalue weighted by atomic mass is 35.5. The summed E-state index contributed by atoms with van der Waals surface area (Å²) in [6.45, 7) is 6.55. The molecular weight excluding hydrogens is 476 g/mol. The van der Waals surface area contributed by atoms with Crippen LogP contribution in [0.25, 0.3) is 0 Å². The number of hydrogen-bond donors (Lipinski definition) is 2. The molecule has 3 unspecified atom stereocenters. The van der Waals surface area contributed by atoms with E-state index in [0.29, 0.717) is 36.5 Å². The average molecular weight is 507 g/mol. The van der Waals surface area contributed by atoms with Gasteiger partial charge in [0.05, 0.1) is 16.6 Å². The summed E-state index contributed by atoms with van der Waals surface area (Å²) in [7, 11) is 0. The Kier molecular flexibility index (Phi) is 7.31. The van der Waals surface area contributed by atoms with E-state index in [0.717, 1.165) is 6.42 Å². The molecule has 34 heavy (non-hydrogen) atoms. The fraction of sp³-hybridized carbons (Fsp3) is 0.560. The lowest BCUT2D eigenvalue weighted by Crippen LogP contribution is -2.57. The number of carbonyl (C=O) groups excluding carboxylic acids is 2. The number of carboxylic acid groups (broad SMARTS) is 1. The number of carboxylic acids is 1. The zero-order chi connectivity index (χ0) is 24.6. The number of halogens is 1. The Balaban J connectivity index is 1.76. The Labute approximate surface area is 209 Å². The number of anilines is 1. The highest BCUT2D eigenvalue weighted by Gasteiger charge is 2.76. The summed E-state index contributed by atoms with van der Waals surface area (Å²) < 4.78 is -0.773. The van der Waals surface area contributed by atoms with Crippen LogP contribution in [0.4, 0.5) is 5.69 Å². The maximum Gasteiger partial charge on any atom is 0.308 e. The molecule has 3 fully saturated rings. The molecule has 0 saturated carbocycles. The van der Waals surface area contributed by atoms with Crippen molar-refractivity contribution < 1.29 is 24.6 Å². The molecular formula is C25H31ClN2O5S. The number of hydrogen-bond acceptors (Lipinski definition) is 5. The molecule has 3 aliphatic rings. The van der Waals surface area contributed by atoms with Crippen LogP contribution in [0.1, 0.15) is 32.6 Å². The van der Waals surface area contributed by atoms with Crippen LogP contribution in [-0.4, -0.2) is 68.6 Å². The number of rotatable bonds is 10. The Morgan fingerprint density at radius 3 is 2.62 bits per heavy atom. The van der Waals surface area contributed by atoms with Gasteiger partial charge in [0, 0.05) is 35.7 Å². The molecule has 0 radical (unpaired) electrons.